The van der Waals surface area contributed by atoms with E-state index in [4.69, 9.17) is 4.74 Å². The van der Waals surface area contributed by atoms with Crippen LogP contribution in [-0.2, 0) is 21.5 Å². The molecule has 1 N–H and O–H groups in total. The van der Waals surface area contributed by atoms with Gasteiger partial charge in [-0.2, -0.15) is 0 Å². The van der Waals surface area contributed by atoms with Crippen LogP contribution in [0.15, 0.2) is 72.3 Å². The summed E-state index contributed by atoms with van der Waals surface area (Å²) in [6.45, 7) is 16.4. The predicted molar refractivity (Wildman–Crippen MR) is 156 cm³/mol. The summed E-state index contributed by atoms with van der Waals surface area (Å²) in [5, 5.41) is 11.7. The van der Waals surface area contributed by atoms with E-state index in [2.05, 4.69) is 20.8 Å². The largest absolute Gasteiger partial charge is 0.507 e. The molecule has 1 aliphatic heterocycles. The number of ether oxygens (including phenoxy) is 1. The van der Waals surface area contributed by atoms with Gasteiger partial charge < -0.3 is 14.7 Å². The Hall–Kier alpha value is -3.86. The number of nitrogens with zero attached hydrogens (tertiary/aromatic N) is 1. The summed E-state index contributed by atoms with van der Waals surface area (Å²) in [6, 6.07) is 20.5. The van der Waals surface area contributed by atoms with E-state index >= 15 is 0 Å². The summed E-state index contributed by atoms with van der Waals surface area (Å²) in [5.74, 6) is -0.701. The van der Waals surface area contributed by atoms with Crippen LogP contribution < -0.4 is 4.74 Å². The van der Waals surface area contributed by atoms with Gasteiger partial charge in [-0.15, -0.1) is 0 Å². The molecule has 1 aliphatic rings. The number of hydrogen-bond donors (Lipinski definition) is 1. The van der Waals surface area contributed by atoms with Gasteiger partial charge in [-0.25, -0.2) is 0 Å². The fourth-order valence-corrected chi connectivity index (χ4v) is 4.93. The van der Waals surface area contributed by atoms with Crippen molar-refractivity contribution in [2.45, 2.75) is 79.0 Å². The van der Waals surface area contributed by atoms with Gasteiger partial charge in [0.15, 0.2) is 0 Å². The zero-order valence-corrected chi connectivity index (χ0v) is 24.3. The van der Waals surface area contributed by atoms with Crippen LogP contribution in [0.3, 0.4) is 0 Å². The lowest BCUT2D eigenvalue weighted by molar-refractivity contribution is -0.140. The van der Waals surface area contributed by atoms with Crippen LogP contribution in [0.25, 0.3) is 5.76 Å². The van der Waals surface area contributed by atoms with Crippen LogP contribution in [0, 0.1) is 13.8 Å². The molecule has 1 fully saturated rings. The van der Waals surface area contributed by atoms with Crippen molar-refractivity contribution < 1.29 is 19.4 Å². The number of likely N-dealkylation sites (tertiary alicyclic amines) is 1. The van der Waals surface area contributed by atoms with Crippen LogP contribution in [0.5, 0.6) is 5.75 Å². The fourth-order valence-electron chi connectivity index (χ4n) is 4.93. The molecule has 4 rings (SSSR count). The molecule has 1 saturated heterocycles. The first-order valence-electron chi connectivity index (χ1n) is 13.4. The van der Waals surface area contributed by atoms with Crippen molar-refractivity contribution in [1.29, 1.82) is 0 Å². The molecule has 3 aromatic rings. The Morgan fingerprint density at radius 2 is 1.56 bits per heavy atom. The Morgan fingerprint density at radius 1 is 0.897 bits per heavy atom. The van der Waals surface area contributed by atoms with E-state index in [0.29, 0.717) is 5.56 Å². The van der Waals surface area contributed by atoms with Crippen molar-refractivity contribution in [3.8, 4) is 5.75 Å². The molecule has 204 valence electrons. The molecule has 0 radical (unpaired) electrons. The third-order valence-electron chi connectivity index (χ3n) is 6.96. The Balaban J connectivity index is 1.82. The van der Waals surface area contributed by atoms with Crippen molar-refractivity contribution in [1.82, 2.24) is 4.90 Å². The Labute approximate surface area is 232 Å². The number of aliphatic hydroxyl groups is 1. The molecule has 0 bridgehead atoms. The van der Waals surface area contributed by atoms with Crippen molar-refractivity contribution in [3.05, 3.63) is 106 Å². The van der Waals surface area contributed by atoms with Gasteiger partial charge in [0.2, 0.25) is 0 Å². The summed E-state index contributed by atoms with van der Waals surface area (Å²) in [5.41, 5.74) is 4.75. The van der Waals surface area contributed by atoms with Crippen LogP contribution in [-0.4, -0.2) is 27.3 Å². The number of carbonyl (C=O) groups excluding carboxylic acids is 2. The summed E-state index contributed by atoms with van der Waals surface area (Å²) < 4.78 is 5.94. The maximum Gasteiger partial charge on any atom is 0.295 e. The SMILES string of the molecule is Cc1cccc(C2/C(=C(\O)c3cc(C(C)(C)C)ccc3C)C(=O)C(=O)N2Cc2ccc(OC(C)(C)C)cc2)c1. The molecule has 1 unspecified atom stereocenters. The minimum Gasteiger partial charge on any atom is -0.507 e. The first-order chi connectivity index (χ1) is 18.2. The molecule has 3 aromatic carbocycles. The maximum absolute atomic E-state index is 13.6. The van der Waals surface area contributed by atoms with Crippen molar-refractivity contribution >= 4 is 17.4 Å². The number of hydrogen-bond acceptors (Lipinski definition) is 4. The molecule has 1 amide bonds. The highest BCUT2D eigenvalue weighted by atomic mass is 16.5. The van der Waals surface area contributed by atoms with E-state index in [1.165, 1.54) is 0 Å². The summed E-state index contributed by atoms with van der Waals surface area (Å²) in [7, 11) is 0. The summed E-state index contributed by atoms with van der Waals surface area (Å²) in [6.07, 6.45) is 0. The molecule has 5 nitrogen and oxygen atoms in total. The van der Waals surface area contributed by atoms with Gasteiger partial charge in [0.05, 0.1) is 11.6 Å². The summed E-state index contributed by atoms with van der Waals surface area (Å²) in [4.78, 5) is 28.6. The number of Topliss-reactive ketones (excluding diaryl/α,β-unsaturated/α-hetero) is 1. The van der Waals surface area contributed by atoms with Gasteiger partial charge in [0.1, 0.15) is 17.1 Å². The highest BCUT2D eigenvalue weighted by Gasteiger charge is 2.46. The zero-order chi connectivity index (χ0) is 28.7. The van der Waals surface area contributed by atoms with E-state index in [0.717, 1.165) is 33.6 Å². The van der Waals surface area contributed by atoms with Gasteiger partial charge >= 0.3 is 0 Å². The topological polar surface area (TPSA) is 66.8 Å². The second-order valence-corrected chi connectivity index (χ2v) is 12.5. The number of benzene rings is 3. The predicted octanol–water partition coefficient (Wildman–Crippen LogP) is 7.40. The molecule has 5 heteroatoms. The molecule has 0 aromatic heterocycles. The third-order valence-corrected chi connectivity index (χ3v) is 6.96. The Morgan fingerprint density at radius 3 is 2.15 bits per heavy atom. The molecule has 1 atom stereocenters. The average molecular weight is 526 g/mol. The number of ketones is 1. The Bertz CT molecular complexity index is 1440. The first-order valence-corrected chi connectivity index (χ1v) is 13.4. The fraction of sp³-hybridized carbons (Fsp3) is 0.353. The van der Waals surface area contributed by atoms with E-state index in [9.17, 15) is 14.7 Å². The lowest BCUT2D eigenvalue weighted by Crippen LogP contribution is -2.29. The second-order valence-electron chi connectivity index (χ2n) is 12.5. The number of carbonyl (C=O) groups is 2. The summed E-state index contributed by atoms with van der Waals surface area (Å²) >= 11 is 0. The van der Waals surface area contributed by atoms with Gasteiger partial charge in [-0.1, -0.05) is 74.9 Å². The highest BCUT2D eigenvalue weighted by molar-refractivity contribution is 6.46. The van der Waals surface area contributed by atoms with Gasteiger partial charge in [-0.3, -0.25) is 9.59 Å². The van der Waals surface area contributed by atoms with Crippen LogP contribution in [0.1, 0.15) is 81.0 Å². The van der Waals surface area contributed by atoms with E-state index < -0.39 is 17.7 Å². The quantitative estimate of drug-likeness (QED) is 0.214. The van der Waals surface area contributed by atoms with Gasteiger partial charge in [0.25, 0.3) is 11.7 Å². The number of aliphatic hydroxyl groups excluding tert-OH is 1. The molecule has 0 saturated carbocycles. The molecule has 0 spiro atoms. The lowest BCUT2D eigenvalue weighted by atomic mass is 9.84. The normalized spacial score (nSPS) is 17.5. The lowest BCUT2D eigenvalue weighted by Gasteiger charge is -2.26. The minimum atomic E-state index is -0.715. The number of aryl methyl sites for hydroxylation is 2. The molecular formula is C34H39NO4. The molecule has 39 heavy (non-hydrogen) atoms. The first kappa shape index (κ1) is 28.2. The maximum atomic E-state index is 13.6. The smallest absolute Gasteiger partial charge is 0.295 e. The molecular weight excluding hydrogens is 486 g/mol. The zero-order valence-electron chi connectivity index (χ0n) is 24.3. The van der Waals surface area contributed by atoms with Gasteiger partial charge in [-0.05, 0) is 80.5 Å². The third kappa shape index (κ3) is 6.08. The average Bonchev–Trinajstić information content (AvgIpc) is 3.08. The highest BCUT2D eigenvalue weighted by Crippen LogP contribution is 2.41. The van der Waals surface area contributed by atoms with Crippen molar-refractivity contribution in [2.75, 3.05) is 0 Å². The monoisotopic (exact) mass is 525 g/mol. The van der Waals surface area contributed by atoms with Crippen molar-refractivity contribution in [2.24, 2.45) is 0 Å². The van der Waals surface area contributed by atoms with E-state index in [1.54, 1.807) is 4.90 Å². The molecule has 1 heterocycles. The van der Waals surface area contributed by atoms with Crippen LogP contribution in [0.2, 0.25) is 0 Å². The number of amides is 1. The van der Waals surface area contributed by atoms with Crippen LogP contribution >= 0.6 is 0 Å². The van der Waals surface area contributed by atoms with Gasteiger partial charge in [0, 0.05) is 12.1 Å². The molecule has 0 aliphatic carbocycles. The van der Waals surface area contributed by atoms with E-state index in [-0.39, 0.29) is 28.9 Å². The standard InChI is InChI=1S/C34H39NO4/c1-21-10-9-11-24(18-21)29-28(30(36)27-19-25(33(3,4)5)15-12-22(27)2)31(37)32(38)35(29)20-23-13-16-26(17-14-23)39-34(6,7)8/h9-19,29,36H,20H2,1-8H3/b30-28+. The Kier molecular flexibility index (Phi) is 7.48. The minimum absolute atomic E-state index is 0.118. The number of rotatable bonds is 5. The second kappa shape index (κ2) is 10.4. The van der Waals surface area contributed by atoms with E-state index in [1.807, 2.05) is 101 Å². The van der Waals surface area contributed by atoms with Crippen molar-refractivity contribution in [3.63, 3.8) is 0 Å². The van der Waals surface area contributed by atoms with Crippen LogP contribution in [0.4, 0.5) is 0 Å².